The number of hydrogen-bond acceptors (Lipinski definition) is 6. The largest absolute Gasteiger partial charge is 0.507 e. The predicted octanol–water partition coefficient (Wildman–Crippen LogP) is 0.795. The van der Waals surface area contributed by atoms with E-state index in [1.54, 1.807) is 0 Å². The summed E-state index contributed by atoms with van der Waals surface area (Å²) in [6.45, 7) is 0.0710. The number of nitrogens with one attached hydrogen (secondary N) is 2. The van der Waals surface area contributed by atoms with E-state index < -0.39 is 17.7 Å². The molecule has 2 aromatic rings. The third kappa shape index (κ3) is 3.22. The Labute approximate surface area is 112 Å². The zero-order valence-electron chi connectivity index (χ0n) is 10.0. The van der Waals surface area contributed by atoms with E-state index >= 15 is 0 Å². The number of aromatic hydroxyl groups is 1. The van der Waals surface area contributed by atoms with Gasteiger partial charge in [0.15, 0.2) is 5.82 Å². The fraction of sp³-hybridized carbons (Fsp3) is 0.0909. The minimum atomic E-state index is -1.25. The van der Waals surface area contributed by atoms with Crippen molar-refractivity contribution in [2.75, 3.05) is 5.32 Å². The Morgan fingerprint density at radius 2 is 2.15 bits per heavy atom. The zero-order valence-corrected chi connectivity index (χ0v) is 10.0. The van der Waals surface area contributed by atoms with Crippen LogP contribution in [-0.4, -0.2) is 32.4 Å². The number of benzene rings is 1. The number of rotatable bonds is 4. The van der Waals surface area contributed by atoms with Gasteiger partial charge < -0.3 is 25.4 Å². The number of aromatic carboxylic acids is 1. The summed E-state index contributed by atoms with van der Waals surface area (Å²) in [4.78, 5) is 26.0. The highest BCUT2D eigenvalue weighted by molar-refractivity contribution is 5.93. The first-order chi connectivity index (χ1) is 9.56. The molecule has 0 atom stereocenters. The van der Waals surface area contributed by atoms with Crippen LogP contribution in [0, 0.1) is 0 Å². The number of amides is 2. The van der Waals surface area contributed by atoms with Gasteiger partial charge in [-0.2, -0.15) is 4.98 Å². The van der Waals surface area contributed by atoms with Gasteiger partial charge in [0, 0.05) is 11.8 Å². The Hall–Kier alpha value is -3.10. The standard InChI is InChI=1S/C11H10N4O5/c16-8-3-6(1-2-7(8)10(17)18)14-11(19)12-4-9-13-5-20-15-9/h1-3,5,16H,4H2,(H,17,18)(H2,12,14,19). The van der Waals surface area contributed by atoms with Crippen LogP contribution >= 0.6 is 0 Å². The van der Waals surface area contributed by atoms with Crippen LogP contribution in [0.2, 0.25) is 0 Å². The van der Waals surface area contributed by atoms with Crippen molar-refractivity contribution >= 4 is 17.7 Å². The highest BCUT2D eigenvalue weighted by Crippen LogP contribution is 2.21. The molecule has 9 nitrogen and oxygen atoms in total. The van der Waals surface area contributed by atoms with E-state index in [9.17, 15) is 14.7 Å². The molecule has 20 heavy (non-hydrogen) atoms. The number of aromatic nitrogens is 2. The molecule has 0 aliphatic heterocycles. The van der Waals surface area contributed by atoms with Crippen molar-refractivity contribution in [1.29, 1.82) is 0 Å². The van der Waals surface area contributed by atoms with Gasteiger partial charge in [-0.05, 0) is 12.1 Å². The summed E-state index contributed by atoms with van der Waals surface area (Å²) >= 11 is 0. The molecular weight excluding hydrogens is 268 g/mol. The lowest BCUT2D eigenvalue weighted by molar-refractivity contribution is 0.0694. The normalized spacial score (nSPS) is 10.0. The molecule has 0 bridgehead atoms. The summed E-state index contributed by atoms with van der Waals surface area (Å²) < 4.78 is 4.49. The average Bonchev–Trinajstić information content (AvgIpc) is 2.89. The molecule has 0 unspecified atom stereocenters. The van der Waals surface area contributed by atoms with Crippen LogP contribution in [0.25, 0.3) is 0 Å². The number of nitrogens with zero attached hydrogens (tertiary/aromatic N) is 2. The number of carboxylic acid groups (broad SMARTS) is 1. The number of phenols is 1. The summed E-state index contributed by atoms with van der Waals surface area (Å²) in [6.07, 6.45) is 1.14. The molecule has 1 aromatic heterocycles. The lowest BCUT2D eigenvalue weighted by Gasteiger charge is -2.07. The van der Waals surface area contributed by atoms with Crippen molar-refractivity contribution in [3.05, 3.63) is 36.0 Å². The van der Waals surface area contributed by atoms with Crippen molar-refractivity contribution < 1.29 is 24.3 Å². The molecule has 0 saturated carbocycles. The third-order valence-corrected chi connectivity index (χ3v) is 2.30. The number of hydrogen-bond donors (Lipinski definition) is 4. The molecule has 0 fully saturated rings. The molecule has 0 spiro atoms. The first-order valence-electron chi connectivity index (χ1n) is 5.42. The quantitative estimate of drug-likeness (QED) is 0.648. The maximum atomic E-state index is 11.5. The summed E-state index contributed by atoms with van der Waals surface area (Å²) in [6, 6.07) is 3.12. The summed E-state index contributed by atoms with van der Waals surface area (Å²) in [5, 5.41) is 26.6. The predicted molar refractivity (Wildman–Crippen MR) is 65.2 cm³/mol. The fourth-order valence-electron chi connectivity index (χ4n) is 1.40. The Morgan fingerprint density at radius 1 is 1.35 bits per heavy atom. The molecule has 0 aliphatic rings. The van der Waals surface area contributed by atoms with Crippen molar-refractivity contribution in [1.82, 2.24) is 15.5 Å². The van der Waals surface area contributed by atoms with Crippen LogP contribution in [0.3, 0.4) is 0 Å². The van der Waals surface area contributed by atoms with Gasteiger partial charge in [-0.25, -0.2) is 9.59 Å². The summed E-state index contributed by atoms with van der Waals surface area (Å²) in [5.41, 5.74) is 0.000803. The van der Waals surface area contributed by atoms with E-state index in [0.29, 0.717) is 5.82 Å². The molecule has 0 aliphatic carbocycles. The van der Waals surface area contributed by atoms with E-state index in [-0.39, 0.29) is 17.8 Å². The lowest BCUT2D eigenvalue weighted by Crippen LogP contribution is -2.28. The molecule has 4 N–H and O–H groups in total. The van der Waals surface area contributed by atoms with Crippen LogP contribution in [0.15, 0.2) is 29.1 Å². The third-order valence-electron chi connectivity index (χ3n) is 2.30. The first kappa shape index (κ1) is 13.3. The summed E-state index contributed by atoms with van der Waals surface area (Å²) in [5.74, 6) is -1.38. The Bertz CT molecular complexity index is 626. The molecule has 0 saturated heterocycles. The SMILES string of the molecule is O=C(NCc1ncon1)Nc1ccc(C(=O)O)c(O)c1. The van der Waals surface area contributed by atoms with Crippen LogP contribution in [-0.2, 0) is 6.54 Å². The van der Waals surface area contributed by atoms with Gasteiger partial charge in [0.2, 0.25) is 6.39 Å². The van der Waals surface area contributed by atoms with E-state index in [2.05, 4.69) is 25.3 Å². The van der Waals surface area contributed by atoms with E-state index in [4.69, 9.17) is 5.11 Å². The minimum absolute atomic E-state index is 0.0710. The van der Waals surface area contributed by atoms with Crippen molar-refractivity contribution in [2.45, 2.75) is 6.54 Å². The highest BCUT2D eigenvalue weighted by atomic mass is 16.5. The second-order valence-corrected chi connectivity index (χ2v) is 3.69. The summed E-state index contributed by atoms with van der Waals surface area (Å²) in [7, 11) is 0. The second-order valence-electron chi connectivity index (χ2n) is 3.69. The van der Waals surface area contributed by atoms with Gasteiger partial charge in [0.25, 0.3) is 0 Å². The minimum Gasteiger partial charge on any atom is -0.507 e. The first-order valence-corrected chi connectivity index (χ1v) is 5.42. The molecule has 1 heterocycles. The van der Waals surface area contributed by atoms with Crippen molar-refractivity contribution in [2.24, 2.45) is 0 Å². The molecule has 2 rings (SSSR count). The van der Waals surface area contributed by atoms with Crippen LogP contribution < -0.4 is 10.6 Å². The zero-order chi connectivity index (χ0) is 14.5. The topological polar surface area (TPSA) is 138 Å². The van der Waals surface area contributed by atoms with Gasteiger partial charge in [-0.3, -0.25) is 0 Å². The molecule has 104 valence electrons. The average molecular weight is 278 g/mol. The Balaban J connectivity index is 1.94. The maximum Gasteiger partial charge on any atom is 0.339 e. The molecule has 1 aromatic carbocycles. The van der Waals surface area contributed by atoms with E-state index in [1.807, 2.05) is 0 Å². The number of carbonyl (C=O) groups excluding carboxylic acids is 1. The number of carbonyl (C=O) groups is 2. The van der Waals surface area contributed by atoms with Gasteiger partial charge in [0.05, 0.1) is 6.54 Å². The van der Waals surface area contributed by atoms with Crippen molar-refractivity contribution in [3.63, 3.8) is 0 Å². The van der Waals surface area contributed by atoms with Crippen LogP contribution in [0.4, 0.5) is 10.5 Å². The number of urea groups is 1. The van der Waals surface area contributed by atoms with Gasteiger partial charge >= 0.3 is 12.0 Å². The second kappa shape index (κ2) is 5.69. The Morgan fingerprint density at radius 3 is 2.75 bits per heavy atom. The smallest absolute Gasteiger partial charge is 0.339 e. The maximum absolute atomic E-state index is 11.5. The molecule has 0 radical (unpaired) electrons. The van der Waals surface area contributed by atoms with Crippen LogP contribution in [0.5, 0.6) is 5.75 Å². The van der Waals surface area contributed by atoms with Crippen molar-refractivity contribution in [3.8, 4) is 5.75 Å². The van der Waals surface area contributed by atoms with Gasteiger partial charge in [-0.15, -0.1) is 0 Å². The van der Waals surface area contributed by atoms with Crippen LogP contribution in [0.1, 0.15) is 16.2 Å². The Kier molecular flexibility index (Phi) is 3.80. The molecule has 2 amide bonds. The number of carboxylic acids is 1. The number of anilines is 1. The van der Waals surface area contributed by atoms with E-state index in [0.717, 1.165) is 12.5 Å². The van der Waals surface area contributed by atoms with Gasteiger partial charge in [-0.1, -0.05) is 5.16 Å². The fourth-order valence-corrected chi connectivity index (χ4v) is 1.40. The lowest BCUT2D eigenvalue weighted by atomic mass is 10.2. The molecular formula is C11H10N4O5. The molecule has 9 heteroatoms. The van der Waals surface area contributed by atoms with E-state index in [1.165, 1.54) is 12.1 Å². The van der Waals surface area contributed by atoms with Gasteiger partial charge in [0.1, 0.15) is 11.3 Å². The monoisotopic (exact) mass is 278 g/mol. The highest BCUT2D eigenvalue weighted by Gasteiger charge is 2.11.